The molecule has 2 aromatic carbocycles. The van der Waals surface area contributed by atoms with Crippen LogP contribution in [0.1, 0.15) is 15.4 Å². The second-order valence-corrected chi connectivity index (χ2v) is 7.38. The fourth-order valence-corrected chi connectivity index (χ4v) is 3.92. The van der Waals surface area contributed by atoms with E-state index in [4.69, 9.17) is 16.6 Å². The van der Waals surface area contributed by atoms with E-state index in [2.05, 4.69) is 35.0 Å². The zero-order valence-electron chi connectivity index (χ0n) is 11.4. The lowest BCUT2D eigenvalue weighted by molar-refractivity contribution is 1.14. The standard InChI is InChI=1S/C17H13BrClNS/c1-11-17(14-7-2-3-8-15(14)18)20-16(21-11)10-12-5-4-6-13(19)9-12/h2-9H,10H2,1H3. The largest absolute Gasteiger partial charge is 0.241 e. The molecule has 0 spiro atoms. The van der Waals surface area contributed by atoms with Gasteiger partial charge in [0.25, 0.3) is 0 Å². The van der Waals surface area contributed by atoms with Gasteiger partial charge in [-0.1, -0.05) is 57.9 Å². The van der Waals surface area contributed by atoms with Gasteiger partial charge in [-0.2, -0.15) is 0 Å². The molecule has 0 bridgehead atoms. The molecule has 0 unspecified atom stereocenters. The van der Waals surface area contributed by atoms with Crippen LogP contribution in [0.2, 0.25) is 5.02 Å². The Labute approximate surface area is 141 Å². The predicted octanol–water partition coefficient (Wildman–Crippen LogP) is 6.13. The number of benzene rings is 2. The van der Waals surface area contributed by atoms with E-state index in [0.29, 0.717) is 0 Å². The highest BCUT2D eigenvalue weighted by molar-refractivity contribution is 9.10. The molecule has 0 saturated carbocycles. The maximum Gasteiger partial charge on any atom is 0.0979 e. The van der Waals surface area contributed by atoms with Gasteiger partial charge >= 0.3 is 0 Å². The van der Waals surface area contributed by atoms with Crippen LogP contribution in [0.5, 0.6) is 0 Å². The number of thiazole rings is 1. The zero-order chi connectivity index (χ0) is 14.8. The SMILES string of the molecule is Cc1sc(Cc2cccc(Cl)c2)nc1-c1ccccc1Br. The highest BCUT2D eigenvalue weighted by atomic mass is 79.9. The number of rotatable bonds is 3. The maximum absolute atomic E-state index is 6.04. The van der Waals surface area contributed by atoms with Crippen molar-refractivity contribution in [2.75, 3.05) is 0 Å². The van der Waals surface area contributed by atoms with E-state index in [1.807, 2.05) is 36.4 Å². The minimum atomic E-state index is 0.770. The Bertz CT molecular complexity index is 782. The van der Waals surface area contributed by atoms with Crippen molar-refractivity contribution in [2.24, 2.45) is 0 Å². The summed E-state index contributed by atoms with van der Waals surface area (Å²) in [6.07, 6.45) is 0.816. The lowest BCUT2D eigenvalue weighted by Gasteiger charge is -2.01. The summed E-state index contributed by atoms with van der Waals surface area (Å²) in [5, 5.41) is 1.88. The van der Waals surface area contributed by atoms with E-state index in [0.717, 1.165) is 32.2 Å². The van der Waals surface area contributed by atoms with Crippen LogP contribution in [-0.4, -0.2) is 4.98 Å². The molecular formula is C17H13BrClNS. The minimum Gasteiger partial charge on any atom is -0.241 e. The van der Waals surface area contributed by atoms with Gasteiger partial charge in [0.2, 0.25) is 0 Å². The van der Waals surface area contributed by atoms with E-state index < -0.39 is 0 Å². The van der Waals surface area contributed by atoms with Crippen molar-refractivity contribution >= 4 is 38.9 Å². The third-order valence-electron chi connectivity index (χ3n) is 3.21. The number of aromatic nitrogens is 1. The topological polar surface area (TPSA) is 12.9 Å². The Morgan fingerprint density at radius 1 is 1.14 bits per heavy atom. The second-order valence-electron chi connectivity index (χ2n) is 4.80. The summed E-state index contributed by atoms with van der Waals surface area (Å²) < 4.78 is 1.08. The monoisotopic (exact) mass is 377 g/mol. The van der Waals surface area contributed by atoms with Crippen molar-refractivity contribution in [3.05, 3.63) is 73.5 Å². The second kappa shape index (κ2) is 6.30. The fraction of sp³-hybridized carbons (Fsp3) is 0.118. The van der Waals surface area contributed by atoms with Crippen molar-refractivity contribution in [3.63, 3.8) is 0 Å². The van der Waals surface area contributed by atoms with Gasteiger partial charge in [0.15, 0.2) is 0 Å². The molecule has 0 amide bonds. The molecule has 3 aromatic rings. The zero-order valence-corrected chi connectivity index (χ0v) is 14.6. The van der Waals surface area contributed by atoms with Gasteiger partial charge in [-0.05, 0) is 30.7 Å². The molecule has 3 rings (SSSR count). The Morgan fingerprint density at radius 2 is 1.95 bits per heavy atom. The molecule has 21 heavy (non-hydrogen) atoms. The highest BCUT2D eigenvalue weighted by Gasteiger charge is 2.12. The minimum absolute atomic E-state index is 0.770. The van der Waals surface area contributed by atoms with E-state index >= 15 is 0 Å². The Balaban J connectivity index is 1.93. The van der Waals surface area contributed by atoms with Gasteiger partial charge in [-0.15, -0.1) is 11.3 Å². The van der Waals surface area contributed by atoms with Crippen molar-refractivity contribution in [1.82, 2.24) is 4.98 Å². The van der Waals surface area contributed by atoms with Crippen LogP contribution >= 0.6 is 38.9 Å². The van der Waals surface area contributed by atoms with E-state index in [1.165, 1.54) is 10.4 Å². The molecule has 0 N–H and O–H groups in total. The molecular weight excluding hydrogens is 366 g/mol. The summed E-state index contributed by atoms with van der Waals surface area (Å²) in [5.41, 5.74) is 3.39. The molecule has 0 atom stereocenters. The van der Waals surface area contributed by atoms with Crippen LogP contribution in [0, 0.1) is 6.92 Å². The molecule has 0 aliphatic heterocycles. The Kier molecular flexibility index (Phi) is 4.43. The third kappa shape index (κ3) is 3.37. The average molecular weight is 379 g/mol. The molecule has 0 fully saturated rings. The first-order chi connectivity index (χ1) is 10.1. The van der Waals surface area contributed by atoms with Gasteiger partial charge in [-0.3, -0.25) is 0 Å². The summed E-state index contributed by atoms with van der Waals surface area (Å²) in [4.78, 5) is 6.05. The molecule has 0 saturated heterocycles. The van der Waals surface area contributed by atoms with Gasteiger partial charge in [-0.25, -0.2) is 4.98 Å². The molecule has 4 heteroatoms. The number of hydrogen-bond acceptors (Lipinski definition) is 2. The number of aryl methyl sites for hydroxylation is 1. The van der Waals surface area contributed by atoms with Crippen LogP contribution in [0.3, 0.4) is 0 Å². The maximum atomic E-state index is 6.04. The van der Waals surface area contributed by atoms with Gasteiger partial charge in [0, 0.05) is 26.4 Å². The number of nitrogens with zero attached hydrogens (tertiary/aromatic N) is 1. The van der Waals surface area contributed by atoms with E-state index in [1.54, 1.807) is 11.3 Å². The average Bonchev–Trinajstić information content (AvgIpc) is 2.80. The molecule has 0 aliphatic rings. The molecule has 1 aromatic heterocycles. The lowest BCUT2D eigenvalue weighted by atomic mass is 10.1. The summed E-state index contributed by atoms with van der Waals surface area (Å²) >= 11 is 11.4. The Hall–Kier alpha value is -1.16. The third-order valence-corrected chi connectivity index (χ3v) is 5.11. The normalized spacial score (nSPS) is 10.8. The first kappa shape index (κ1) is 14.8. The molecule has 1 heterocycles. The Morgan fingerprint density at radius 3 is 2.71 bits per heavy atom. The molecule has 106 valence electrons. The van der Waals surface area contributed by atoms with E-state index in [9.17, 15) is 0 Å². The fourth-order valence-electron chi connectivity index (χ4n) is 2.25. The summed E-state index contributed by atoms with van der Waals surface area (Å²) in [7, 11) is 0. The predicted molar refractivity (Wildman–Crippen MR) is 94.2 cm³/mol. The smallest absolute Gasteiger partial charge is 0.0979 e. The van der Waals surface area contributed by atoms with Crippen molar-refractivity contribution in [2.45, 2.75) is 13.3 Å². The number of hydrogen-bond donors (Lipinski definition) is 0. The van der Waals surface area contributed by atoms with Crippen molar-refractivity contribution < 1.29 is 0 Å². The van der Waals surface area contributed by atoms with Gasteiger partial charge < -0.3 is 0 Å². The van der Waals surface area contributed by atoms with Crippen LogP contribution in [0.25, 0.3) is 11.3 Å². The van der Waals surface area contributed by atoms with Gasteiger partial charge in [0.05, 0.1) is 10.7 Å². The van der Waals surface area contributed by atoms with Gasteiger partial charge in [0.1, 0.15) is 0 Å². The molecule has 0 aliphatic carbocycles. The first-order valence-corrected chi connectivity index (χ1v) is 8.58. The van der Waals surface area contributed by atoms with Crippen LogP contribution in [0.4, 0.5) is 0 Å². The van der Waals surface area contributed by atoms with Crippen molar-refractivity contribution in [1.29, 1.82) is 0 Å². The summed E-state index contributed by atoms with van der Waals surface area (Å²) in [6, 6.07) is 16.1. The van der Waals surface area contributed by atoms with Crippen LogP contribution in [-0.2, 0) is 6.42 Å². The lowest BCUT2D eigenvalue weighted by Crippen LogP contribution is -1.88. The molecule has 0 radical (unpaired) electrons. The summed E-state index contributed by atoms with van der Waals surface area (Å²) in [6.45, 7) is 2.12. The van der Waals surface area contributed by atoms with Crippen LogP contribution < -0.4 is 0 Å². The van der Waals surface area contributed by atoms with Crippen LogP contribution in [0.15, 0.2) is 53.0 Å². The molecule has 1 nitrogen and oxygen atoms in total. The first-order valence-electron chi connectivity index (χ1n) is 6.59. The number of halogens is 2. The highest BCUT2D eigenvalue weighted by Crippen LogP contribution is 2.33. The van der Waals surface area contributed by atoms with E-state index in [-0.39, 0.29) is 0 Å². The summed E-state index contributed by atoms with van der Waals surface area (Å²) in [5.74, 6) is 0. The van der Waals surface area contributed by atoms with Crippen molar-refractivity contribution in [3.8, 4) is 11.3 Å². The quantitative estimate of drug-likeness (QED) is 0.534.